The second-order valence-electron chi connectivity index (χ2n) is 7.16. The number of hydrogen-bond donors (Lipinski definition) is 1. The first kappa shape index (κ1) is 20.4. The highest BCUT2D eigenvalue weighted by atomic mass is 16.5. The number of para-hydroxylation sites is 2. The molecule has 0 amide bonds. The zero-order valence-corrected chi connectivity index (χ0v) is 17.8. The average Bonchev–Trinajstić information content (AvgIpc) is 3.04. The van der Waals surface area contributed by atoms with E-state index in [1.807, 2.05) is 61.0 Å². The molecule has 0 atom stereocenters. The minimum atomic E-state index is 0.0606. The molecule has 0 fully saturated rings. The number of hydrogen-bond acceptors (Lipinski definition) is 6. The van der Waals surface area contributed by atoms with Gasteiger partial charge >= 0.3 is 0 Å². The summed E-state index contributed by atoms with van der Waals surface area (Å²) in [6.07, 6.45) is 1.93. The monoisotopic (exact) mass is 416 g/mol. The Morgan fingerprint density at radius 1 is 1.10 bits per heavy atom. The highest BCUT2D eigenvalue weighted by Crippen LogP contribution is 2.31. The molecular weight excluding hydrogens is 392 g/mol. The van der Waals surface area contributed by atoms with Crippen molar-refractivity contribution in [1.82, 2.24) is 14.5 Å². The molecule has 0 saturated carbocycles. The fourth-order valence-corrected chi connectivity index (χ4v) is 3.33. The number of rotatable bonds is 8. The van der Waals surface area contributed by atoms with Gasteiger partial charge in [-0.3, -0.25) is 9.78 Å². The maximum Gasteiger partial charge on any atom is 0.208 e. The standard InChI is InChI=1S/C24H24N4O3/c1-4-30-23-8-6-5-7-20(23)26-24-27-21-15-18(9-10-22(21)28(24)3)31-19-11-12-25-17(14-19)13-16(2)29/h5-12,14-15H,4,13H2,1-3H3,(H,26,27). The summed E-state index contributed by atoms with van der Waals surface area (Å²) in [5.41, 5.74) is 3.31. The van der Waals surface area contributed by atoms with Crippen LogP contribution in [-0.4, -0.2) is 26.9 Å². The van der Waals surface area contributed by atoms with Crippen molar-refractivity contribution in [3.05, 3.63) is 66.5 Å². The number of nitrogens with zero attached hydrogens (tertiary/aromatic N) is 3. The average molecular weight is 416 g/mol. The molecule has 4 aromatic rings. The minimum Gasteiger partial charge on any atom is -0.492 e. The molecule has 7 heteroatoms. The van der Waals surface area contributed by atoms with E-state index in [0.717, 1.165) is 22.5 Å². The van der Waals surface area contributed by atoms with Crippen molar-refractivity contribution in [3.63, 3.8) is 0 Å². The molecule has 0 unspecified atom stereocenters. The number of fused-ring (bicyclic) bond motifs is 1. The third-order valence-corrected chi connectivity index (χ3v) is 4.74. The molecule has 0 radical (unpaired) electrons. The highest BCUT2D eigenvalue weighted by molar-refractivity contribution is 5.81. The summed E-state index contributed by atoms with van der Waals surface area (Å²) in [5.74, 6) is 2.83. The van der Waals surface area contributed by atoms with Gasteiger partial charge in [-0.15, -0.1) is 0 Å². The van der Waals surface area contributed by atoms with E-state index in [1.54, 1.807) is 25.3 Å². The van der Waals surface area contributed by atoms with Gasteiger partial charge in [-0.2, -0.15) is 0 Å². The van der Waals surface area contributed by atoms with Gasteiger partial charge in [-0.05, 0) is 44.2 Å². The molecule has 0 spiro atoms. The van der Waals surface area contributed by atoms with Crippen molar-refractivity contribution in [1.29, 1.82) is 0 Å². The molecule has 0 saturated heterocycles. The molecule has 7 nitrogen and oxygen atoms in total. The summed E-state index contributed by atoms with van der Waals surface area (Å²) in [4.78, 5) is 20.3. The number of benzene rings is 2. The summed E-state index contributed by atoms with van der Waals surface area (Å²) in [7, 11) is 1.96. The van der Waals surface area contributed by atoms with Crippen molar-refractivity contribution in [2.24, 2.45) is 7.05 Å². The van der Waals surface area contributed by atoms with Crippen LogP contribution in [0.3, 0.4) is 0 Å². The van der Waals surface area contributed by atoms with Crippen LogP contribution in [0.4, 0.5) is 11.6 Å². The normalized spacial score (nSPS) is 10.8. The molecule has 0 aliphatic rings. The number of ketones is 1. The second-order valence-corrected chi connectivity index (χ2v) is 7.16. The van der Waals surface area contributed by atoms with Crippen LogP contribution in [0, 0.1) is 0 Å². The quantitative estimate of drug-likeness (QED) is 0.434. The lowest BCUT2D eigenvalue weighted by atomic mass is 10.2. The molecule has 2 aromatic carbocycles. The zero-order chi connectivity index (χ0) is 21.8. The molecule has 31 heavy (non-hydrogen) atoms. The first-order valence-corrected chi connectivity index (χ1v) is 10.1. The van der Waals surface area contributed by atoms with Gasteiger partial charge in [0.2, 0.25) is 5.95 Å². The van der Waals surface area contributed by atoms with Crippen LogP contribution in [0.2, 0.25) is 0 Å². The van der Waals surface area contributed by atoms with Gasteiger partial charge in [-0.25, -0.2) is 4.98 Å². The first-order valence-electron chi connectivity index (χ1n) is 10.1. The first-order chi connectivity index (χ1) is 15.0. The largest absolute Gasteiger partial charge is 0.492 e. The molecule has 158 valence electrons. The molecule has 0 aliphatic heterocycles. The van der Waals surface area contributed by atoms with E-state index in [2.05, 4.69) is 10.3 Å². The van der Waals surface area contributed by atoms with E-state index in [-0.39, 0.29) is 12.2 Å². The Labute approximate surface area is 180 Å². The van der Waals surface area contributed by atoms with Crippen molar-refractivity contribution in [3.8, 4) is 17.2 Å². The van der Waals surface area contributed by atoms with Crippen molar-refractivity contribution in [2.45, 2.75) is 20.3 Å². The molecule has 2 heterocycles. The smallest absolute Gasteiger partial charge is 0.208 e. The molecule has 2 aromatic heterocycles. The SMILES string of the molecule is CCOc1ccccc1Nc1nc2cc(Oc3ccnc(CC(C)=O)c3)ccc2n1C. The Balaban J connectivity index is 1.59. The predicted octanol–water partition coefficient (Wildman–Crippen LogP) is 5.03. The molecule has 4 rings (SSSR count). The van der Waals surface area contributed by atoms with Crippen LogP contribution in [0.1, 0.15) is 19.5 Å². The van der Waals surface area contributed by atoms with Gasteiger partial charge in [0.1, 0.15) is 23.0 Å². The van der Waals surface area contributed by atoms with Gasteiger partial charge in [0, 0.05) is 31.8 Å². The molecule has 0 aliphatic carbocycles. The van der Waals surface area contributed by atoms with E-state index >= 15 is 0 Å². The lowest BCUT2D eigenvalue weighted by Crippen LogP contribution is -2.02. The molecular formula is C24H24N4O3. The number of imidazole rings is 1. The molecule has 0 bridgehead atoms. The van der Waals surface area contributed by atoms with Crippen LogP contribution in [0.5, 0.6) is 17.2 Å². The van der Waals surface area contributed by atoms with Crippen LogP contribution in [0.25, 0.3) is 11.0 Å². The number of ether oxygens (including phenoxy) is 2. The highest BCUT2D eigenvalue weighted by Gasteiger charge is 2.12. The van der Waals surface area contributed by atoms with Crippen LogP contribution in [-0.2, 0) is 18.3 Å². The van der Waals surface area contributed by atoms with Crippen LogP contribution < -0.4 is 14.8 Å². The number of aromatic nitrogens is 3. The number of anilines is 2. The third kappa shape index (κ3) is 4.66. The summed E-state index contributed by atoms with van der Waals surface area (Å²) in [6, 6.07) is 17.1. The predicted molar refractivity (Wildman–Crippen MR) is 120 cm³/mol. The number of carbonyl (C=O) groups is 1. The molecule has 1 N–H and O–H groups in total. The number of pyridine rings is 1. The van der Waals surface area contributed by atoms with Crippen molar-refractivity contribution >= 4 is 28.5 Å². The number of carbonyl (C=O) groups excluding carboxylic acids is 1. The maximum absolute atomic E-state index is 11.3. The second kappa shape index (κ2) is 8.87. The summed E-state index contributed by atoms with van der Waals surface area (Å²) < 4.78 is 13.7. The number of Topliss-reactive ketones (excluding diaryl/α,β-unsaturated/α-hetero) is 1. The van der Waals surface area contributed by atoms with Gasteiger partial charge in [0.15, 0.2) is 0 Å². The number of nitrogens with one attached hydrogen (secondary N) is 1. The van der Waals surface area contributed by atoms with E-state index in [0.29, 0.717) is 29.7 Å². The van der Waals surface area contributed by atoms with E-state index in [4.69, 9.17) is 14.5 Å². The van der Waals surface area contributed by atoms with E-state index in [1.165, 1.54) is 0 Å². The Hall–Kier alpha value is -3.87. The summed E-state index contributed by atoms with van der Waals surface area (Å²) >= 11 is 0. The van der Waals surface area contributed by atoms with Gasteiger partial charge < -0.3 is 19.4 Å². The van der Waals surface area contributed by atoms with E-state index < -0.39 is 0 Å². The Morgan fingerprint density at radius 2 is 1.90 bits per heavy atom. The maximum atomic E-state index is 11.3. The minimum absolute atomic E-state index is 0.0606. The summed E-state index contributed by atoms with van der Waals surface area (Å²) in [6.45, 7) is 4.09. The fourth-order valence-electron chi connectivity index (χ4n) is 3.33. The number of aryl methyl sites for hydroxylation is 1. The topological polar surface area (TPSA) is 78.3 Å². The van der Waals surface area contributed by atoms with Crippen LogP contribution >= 0.6 is 0 Å². The Kier molecular flexibility index (Phi) is 5.84. The zero-order valence-electron chi connectivity index (χ0n) is 17.8. The van der Waals surface area contributed by atoms with Gasteiger partial charge in [0.25, 0.3) is 0 Å². The third-order valence-electron chi connectivity index (χ3n) is 4.74. The fraction of sp³-hybridized carbons (Fsp3) is 0.208. The van der Waals surface area contributed by atoms with Gasteiger partial charge in [-0.1, -0.05) is 12.1 Å². The Bertz CT molecular complexity index is 1230. The lowest BCUT2D eigenvalue weighted by molar-refractivity contribution is -0.116. The van der Waals surface area contributed by atoms with Crippen molar-refractivity contribution in [2.75, 3.05) is 11.9 Å². The van der Waals surface area contributed by atoms with Gasteiger partial charge in [0.05, 0.1) is 29.0 Å². The van der Waals surface area contributed by atoms with E-state index in [9.17, 15) is 4.79 Å². The van der Waals surface area contributed by atoms with Crippen LogP contribution in [0.15, 0.2) is 60.8 Å². The summed E-state index contributed by atoms with van der Waals surface area (Å²) in [5, 5.41) is 3.36. The van der Waals surface area contributed by atoms with Crippen molar-refractivity contribution < 1.29 is 14.3 Å². The lowest BCUT2D eigenvalue weighted by Gasteiger charge is -2.11. The Morgan fingerprint density at radius 3 is 2.71 bits per heavy atom.